The van der Waals surface area contributed by atoms with Crippen molar-refractivity contribution in [1.82, 2.24) is 10.3 Å². The van der Waals surface area contributed by atoms with E-state index in [4.69, 9.17) is 4.74 Å². The molecular formula is C24H24N2O2. The SMILES string of the molecule is CCC#CCCCOc1cccc(CNC(=O)c2ccc3ncccc3c2)c1. The summed E-state index contributed by atoms with van der Waals surface area (Å²) >= 11 is 0. The Kier molecular flexibility index (Phi) is 7.03. The number of carbonyl (C=O) groups is 1. The Hall–Kier alpha value is -3.32. The molecule has 0 aliphatic heterocycles. The summed E-state index contributed by atoms with van der Waals surface area (Å²) in [6.45, 7) is 3.13. The molecule has 0 bridgehead atoms. The number of aromatic nitrogens is 1. The van der Waals surface area contributed by atoms with E-state index in [9.17, 15) is 4.79 Å². The molecule has 1 N–H and O–H groups in total. The summed E-state index contributed by atoms with van der Waals surface area (Å²) in [7, 11) is 0. The Morgan fingerprint density at radius 2 is 2.04 bits per heavy atom. The highest BCUT2D eigenvalue weighted by Gasteiger charge is 2.07. The molecule has 1 aromatic heterocycles. The van der Waals surface area contributed by atoms with Gasteiger partial charge in [0.2, 0.25) is 0 Å². The molecule has 0 aliphatic rings. The summed E-state index contributed by atoms with van der Waals surface area (Å²) in [5.74, 6) is 6.88. The van der Waals surface area contributed by atoms with E-state index in [0.717, 1.165) is 41.5 Å². The predicted octanol–water partition coefficient (Wildman–Crippen LogP) is 4.74. The van der Waals surface area contributed by atoms with Gasteiger partial charge in [-0.2, -0.15) is 0 Å². The molecule has 4 nitrogen and oxygen atoms in total. The van der Waals surface area contributed by atoms with Gasteiger partial charge in [0.25, 0.3) is 5.91 Å². The predicted molar refractivity (Wildman–Crippen MR) is 112 cm³/mol. The van der Waals surface area contributed by atoms with E-state index in [1.54, 1.807) is 12.3 Å². The maximum Gasteiger partial charge on any atom is 0.251 e. The Balaban J connectivity index is 1.52. The number of benzene rings is 2. The molecule has 142 valence electrons. The lowest BCUT2D eigenvalue weighted by Crippen LogP contribution is -2.22. The molecule has 28 heavy (non-hydrogen) atoms. The van der Waals surface area contributed by atoms with Crippen molar-refractivity contribution in [1.29, 1.82) is 0 Å². The highest BCUT2D eigenvalue weighted by molar-refractivity contribution is 5.97. The fourth-order valence-electron chi connectivity index (χ4n) is 2.81. The second-order valence-electron chi connectivity index (χ2n) is 6.40. The first-order valence-electron chi connectivity index (χ1n) is 9.56. The molecule has 2 aromatic carbocycles. The third kappa shape index (κ3) is 5.59. The number of ether oxygens (including phenoxy) is 1. The lowest BCUT2D eigenvalue weighted by Gasteiger charge is -2.09. The molecular weight excluding hydrogens is 348 g/mol. The van der Waals surface area contributed by atoms with Gasteiger partial charge < -0.3 is 10.1 Å². The molecule has 0 atom stereocenters. The molecule has 4 heteroatoms. The third-order valence-corrected chi connectivity index (χ3v) is 4.23. The van der Waals surface area contributed by atoms with Crippen molar-refractivity contribution >= 4 is 16.8 Å². The quantitative estimate of drug-likeness (QED) is 0.481. The molecule has 0 fully saturated rings. The summed E-state index contributed by atoms with van der Waals surface area (Å²) in [6.07, 6.45) is 4.40. The van der Waals surface area contributed by atoms with E-state index in [-0.39, 0.29) is 5.91 Å². The Bertz CT molecular complexity index is 1000. The summed E-state index contributed by atoms with van der Waals surface area (Å²) < 4.78 is 5.78. The molecule has 1 heterocycles. The van der Waals surface area contributed by atoms with Crippen molar-refractivity contribution in [2.75, 3.05) is 6.61 Å². The van der Waals surface area contributed by atoms with Gasteiger partial charge in [-0.3, -0.25) is 9.78 Å². The Morgan fingerprint density at radius 3 is 2.93 bits per heavy atom. The summed E-state index contributed by atoms with van der Waals surface area (Å²) in [5.41, 5.74) is 2.50. The highest BCUT2D eigenvalue weighted by Crippen LogP contribution is 2.15. The number of carbonyl (C=O) groups excluding carboxylic acids is 1. The Labute approximate surface area is 165 Å². The minimum absolute atomic E-state index is 0.105. The number of fused-ring (bicyclic) bond motifs is 1. The van der Waals surface area contributed by atoms with Crippen LogP contribution in [-0.4, -0.2) is 17.5 Å². The van der Waals surface area contributed by atoms with E-state index in [2.05, 4.69) is 22.1 Å². The standard InChI is InChI=1S/C24H24N2O2/c1-2-3-4-5-6-15-28-22-11-7-9-19(16-22)18-26-24(27)21-12-13-23-20(17-21)10-8-14-25-23/h7-14,16-17H,2,5-6,15,18H2,1H3,(H,26,27). The molecule has 3 aromatic rings. The van der Waals surface area contributed by atoms with Crippen LogP contribution in [0, 0.1) is 11.8 Å². The maximum absolute atomic E-state index is 12.5. The highest BCUT2D eigenvalue weighted by atomic mass is 16.5. The van der Waals surface area contributed by atoms with E-state index in [1.807, 2.05) is 55.5 Å². The molecule has 0 aliphatic carbocycles. The van der Waals surface area contributed by atoms with Gasteiger partial charge in [-0.25, -0.2) is 0 Å². The number of unbranched alkanes of at least 4 members (excludes halogenated alkanes) is 1. The van der Waals surface area contributed by atoms with E-state index in [1.165, 1.54) is 0 Å². The minimum atomic E-state index is -0.105. The molecule has 0 saturated heterocycles. The average Bonchev–Trinajstić information content (AvgIpc) is 2.74. The number of nitrogens with one attached hydrogen (secondary N) is 1. The fourth-order valence-corrected chi connectivity index (χ4v) is 2.81. The topological polar surface area (TPSA) is 51.2 Å². The monoisotopic (exact) mass is 372 g/mol. The first-order valence-corrected chi connectivity index (χ1v) is 9.56. The second kappa shape index (κ2) is 10.1. The normalized spacial score (nSPS) is 10.2. The van der Waals surface area contributed by atoms with Gasteiger partial charge in [0, 0.05) is 36.5 Å². The van der Waals surface area contributed by atoms with Crippen LogP contribution < -0.4 is 10.1 Å². The van der Waals surface area contributed by atoms with Crippen molar-refractivity contribution in [3.63, 3.8) is 0 Å². The van der Waals surface area contributed by atoms with Crippen LogP contribution in [0.4, 0.5) is 0 Å². The van der Waals surface area contributed by atoms with Crippen LogP contribution in [0.5, 0.6) is 5.75 Å². The summed E-state index contributed by atoms with van der Waals surface area (Å²) in [6, 6.07) is 17.1. The van der Waals surface area contributed by atoms with Crippen LogP contribution in [0.25, 0.3) is 10.9 Å². The number of amides is 1. The molecule has 0 unspecified atom stereocenters. The van der Waals surface area contributed by atoms with Gasteiger partial charge >= 0.3 is 0 Å². The number of hydrogen-bond donors (Lipinski definition) is 1. The van der Waals surface area contributed by atoms with Gasteiger partial charge in [-0.05, 0) is 48.4 Å². The fraction of sp³-hybridized carbons (Fsp3) is 0.250. The van der Waals surface area contributed by atoms with Crippen molar-refractivity contribution < 1.29 is 9.53 Å². The Morgan fingerprint density at radius 1 is 1.11 bits per heavy atom. The van der Waals surface area contributed by atoms with Gasteiger partial charge in [-0.15, -0.1) is 11.8 Å². The third-order valence-electron chi connectivity index (χ3n) is 4.23. The zero-order valence-electron chi connectivity index (χ0n) is 16.1. The van der Waals surface area contributed by atoms with Crippen LogP contribution in [-0.2, 0) is 6.54 Å². The summed E-state index contributed by atoms with van der Waals surface area (Å²) in [5, 5.41) is 3.92. The first-order chi connectivity index (χ1) is 13.8. The van der Waals surface area contributed by atoms with E-state index < -0.39 is 0 Å². The first kappa shape index (κ1) is 19.4. The molecule has 0 saturated carbocycles. The van der Waals surface area contributed by atoms with Gasteiger partial charge in [0.1, 0.15) is 5.75 Å². The van der Waals surface area contributed by atoms with Crippen LogP contribution in [0.2, 0.25) is 0 Å². The smallest absolute Gasteiger partial charge is 0.251 e. The average molecular weight is 372 g/mol. The zero-order chi connectivity index (χ0) is 19.6. The van der Waals surface area contributed by atoms with Crippen molar-refractivity contribution in [2.24, 2.45) is 0 Å². The molecule has 0 spiro atoms. The van der Waals surface area contributed by atoms with Gasteiger partial charge in [0.15, 0.2) is 0 Å². The molecule has 1 amide bonds. The van der Waals surface area contributed by atoms with Crippen molar-refractivity contribution in [2.45, 2.75) is 32.7 Å². The zero-order valence-corrected chi connectivity index (χ0v) is 16.1. The molecule has 0 radical (unpaired) electrons. The van der Waals surface area contributed by atoms with E-state index >= 15 is 0 Å². The second-order valence-corrected chi connectivity index (χ2v) is 6.40. The minimum Gasteiger partial charge on any atom is -0.494 e. The number of nitrogens with zero attached hydrogens (tertiary/aromatic N) is 1. The maximum atomic E-state index is 12.5. The largest absolute Gasteiger partial charge is 0.494 e. The van der Waals surface area contributed by atoms with Gasteiger partial charge in [-0.1, -0.05) is 25.1 Å². The van der Waals surface area contributed by atoms with Gasteiger partial charge in [0.05, 0.1) is 12.1 Å². The van der Waals surface area contributed by atoms with E-state index in [0.29, 0.717) is 18.7 Å². The van der Waals surface area contributed by atoms with Crippen molar-refractivity contribution in [3.8, 4) is 17.6 Å². The number of rotatable bonds is 7. The van der Waals surface area contributed by atoms with Crippen molar-refractivity contribution in [3.05, 3.63) is 71.9 Å². The lowest BCUT2D eigenvalue weighted by molar-refractivity contribution is 0.0951. The van der Waals surface area contributed by atoms with Crippen LogP contribution in [0.3, 0.4) is 0 Å². The molecule has 3 rings (SSSR count). The van der Waals surface area contributed by atoms with Crippen LogP contribution in [0.15, 0.2) is 60.8 Å². The number of hydrogen-bond acceptors (Lipinski definition) is 3. The lowest BCUT2D eigenvalue weighted by atomic mass is 10.1. The van der Waals surface area contributed by atoms with Crippen LogP contribution in [0.1, 0.15) is 42.1 Å². The van der Waals surface area contributed by atoms with Crippen LogP contribution >= 0.6 is 0 Å². The summed E-state index contributed by atoms with van der Waals surface area (Å²) in [4.78, 5) is 16.7. The number of pyridine rings is 1.